The van der Waals surface area contributed by atoms with Gasteiger partial charge in [-0.3, -0.25) is 15.1 Å². The van der Waals surface area contributed by atoms with Crippen LogP contribution in [0.3, 0.4) is 0 Å². The number of anilines is 1. The number of amidine groups is 1. The highest BCUT2D eigenvalue weighted by atomic mass is 35.5. The number of nitrogens with zero attached hydrogens (tertiary/aromatic N) is 1. The second kappa shape index (κ2) is 9.72. The summed E-state index contributed by atoms with van der Waals surface area (Å²) >= 11 is 12.6. The van der Waals surface area contributed by atoms with Crippen molar-refractivity contribution < 1.29 is 14.3 Å². The molecule has 0 spiro atoms. The van der Waals surface area contributed by atoms with E-state index in [1.54, 1.807) is 59.5 Å². The van der Waals surface area contributed by atoms with Gasteiger partial charge in [0, 0.05) is 50.4 Å². The van der Waals surface area contributed by atoms with E-state index in [1.165, 1.54) is 6.07 Å². The highest BCUT2D eigenvalue weighted by Crippen LogP contribution is 2.52. The lowest BCUT2D eigenvalue weighted by molar-refractivity contribution is -0.118. The first kappa shape index (κ1) is 26.2. The van der Waals surface area contributed by atoms with Crippen LogP contribution in [-0.4, -0.2) is 16.7 Å². The maximum atomic E-state index is 15.4. The Bertz CT molecular complexity index is 1540. The molecule has 5 rings (SSSR count). The van der Waals surface area contributed by atoms with Gasteiger partial charge in [-0.15, -0.1) is 0 Å². The van der Waals surface area contributed by atoms with E-state index in [0.29, 0.717) is 39.0 Å². The standard InChI is InChI=1S/C31H27Cl2FN2O2/c1-17-21(33)8-6-10-23(17)36-24-15-31(2,3)16-25(37)27(24)26(20-7-4-5-9-22(20)34)28(30(36)35)29(38)18-11-13-19(32)14-12-18/h4-14,26,35,38H,15-16H2,1-3H3/b29-28+,35-30?. The second-order valence-corrected chi connectivity index (χ2v) is 11.4. The first-order valence-corrected chi connectivity index (χ1v) is 13.1. The number of Topliss-reactive ketones (excluding diaryl/α,β-unsaturated/α-hetero) is 1. The fraction of sp³-hybridized carbons (Fsp3) is 0.226. The first-order chi connectivity index (χ1) is 18.0. The molecule has 7 heteroatoms. The Labute approximate surface area is 231 Å². The Kier molecular flexibility index (Phi) is 6.70. The third kappa shape index (κ3) is 4.44. The van der Waals surface area contributed by atoms with Gasteiger partial charge < -0.3 is 5.11 Å². The molecule has 1 unspecified atom stereocenters. The summed E-state index contributed by atoms with van der Waals surface area (Å²) in [5.41, 5.74) is 2.79. The van der Waals surface area contributed by atoms with Gasteiger partial charge in [0.1, 0.15) is 17.4 Å². The Balaban J connectivity index is 1.90. The van der Waals surface area contributed by atoms with Gasteiger partial charge in [0.15, 0.2) is 5.78 Å². The molecule has 3 aromatic carbocycles. The lowest BCUT2D eigenvalue weighted by Gasteiger charge is -2.45. The molecule has 3 aromatic rings. The lowest BCUT2D eigenvalue weighted by atomic mass is 9.67. The maximum absolute atomic E-state index is 15.4. The summed E-state index contributed by atoms with van der Waals surface area (Å²) < 4.78 is 15.4. The Hall–Kier alpha value is -3.41. The van der Waals surface area contributed by atoms with Gasteiger partial charge in [0.05, 0.1) is 5.69 Å². The summed E-state index contributed by atoms with van der Waals surface area (Å²) in [5, 5.41) is 22.2. The van der Waals surface area contributed by atoms with Gasteiger partial charge in [-0.05, 0) is 66.8 Å². The van der Waals surface area contributed by atoms with Crippen LogP contribution in [0.5, 0.6) is 0 Å². The van der Waals surface area contributed by atoms with Gasteiger partial charge in [-0.2, -0.15) is 0 Å². The fourth-order valence-corrected chi connectivity index (χ4v) is 5.80. The van der Waals surface area contributed by atoms with Gasteiger partial charge in [-0.25, -0.2) is 4.39 Å². The number of hydrogen-bond acceptors (Lipinski definition) is 3. The van der Waals surface area contributed by atoms with E-state index in [0.717, 1.165) is 5.56 Å². The monoisotopic (exact) mass is 548 g/mol. The zero-order valence-corrected chi connectivity index (χ0v) is 22.8. The Morgan fingerprint density at radius 1 is 1.03 bits per heavy atom. The third-order valence-corrected chi connectivity index (χ3v) is 7.95. The summed E-state index contributed by atoms with van der Waals surface area (Å²) in [6, 6.07) is 18.2. The molecule has 0 aromatic heterocycles. The van der Waals surface area contributed by atoms with Crippen LogP contribution in [0.15, 0.2) is 83.6 Å². The van der Waals surface area contributed by atoms with E-state index >= 15 is 4.39 Å². The van der Waals surface area contributed by atoms with E-state index in [4.69, 9.17) is 23.2 Å². The van der Waals surface area contributed by atoms with Crippen LogP contribution >= 0.6 is 23.2 Å². The van der Waals surface area contributed by atoms with Gasteiger partial charge in [0.2, 0.25) is 0 Å². The van der Waals surface area contributed by atoms with E-state index in [1.807, 2.05) is 26.8 Å². The van der Waals surface area contributed by atoms with Crippen LogP contribution in [0, 0.1) is 23.6 Å². The molecule has 0 amide bonds. The largest absolute Gasteiger partial charge is 0.507 e. The molecule has 0 radical (unpaired) electrons. The predicted octanol–water partition coefficient (Wildman–Crippen LogP) is 8.63. The molecular formula is C31H27Cl2FN2O2. The minimum Gasteiger partial charge on any atom is -0.507 e. The number of nitrogens with one attached hydrogen (secondary N) is 1. The average molecular weight is 549 g/mol. The van der Waals surface area contributed by atoms with Crippen molar-refractivity contribution in [2.45, 2.75) is 39.5 Å². The topological polar surface area (TPSA) is 64.4 Å². The third-order valence-electron chi connectivity index (χ3n) is 7.29. The molecule has 0 saturated heterocycles. The van der Waals surface area contributed by atoms with Crippen LogP contribution < -0.4 is 4.90 Å². The van der Waals surface area contributed by atoms with Crippen LogP contribution in [0.2, 0.25) is 10.0 Å². The van der Waals surface area contributed by atoms with E-state index < -0.39 is 11.7 Å². The quantitative estimate of drug-likeness (QED) is 0.322. The molecule has 1 heterocycles. The van der Waals surface area contributed by atoms with Crippen molar-refractivity contribution in [2.75, 3.05) is 4.90 Å². The number of benzene rings is 3. The number of aliphatic hydroxyl groups excluding tert-OH is 1. The molecule has 1 atom stereocenters. The Morgan fingerprint density at radius 2 is 1.71 bits per heavy atom. The lowest BCUT2D eigenvalue weighted by Crippen LogP contribution is -2.45. The average Bonchev–Trinajstić information content (AvgIpc) is 2.85. The number of ketones is 1. The molecule has 1 aliphatic carbocycles. The molecule has 194 valence electrons. The van der Waals surface area contributed by atoms with Crippen molar-refractivity contribution >= 4 is 46.3 Å². The number of rotatable bonds is 3. The van der Waals surface area contributed by atoms with Gasteiger partial charge in [0.25, 0.3) is 0 Å². The summed E-state index contributed by atoms with van der Waals surface area (Å²) in [6.45, 7) is 5.87. The van der Waals surface area contributed by atoms with Crippen molar-refractivity contribution in [3.63, 3.8) is 0 Å². The predicted molar refractivity (Wildman–Crippen MR) is 152 cm³/mol. The number of hydrogen-bond donors (Lipinski definition) is 2. The van der Waals surface area contributed by atoms with E-state index in [2.05, 4.69) is 0 Å². The number of aliphatic hydroxyl groups is 1. The molecule has 0 fully saturated rings. The summed E-state index contributed by atoms with van der Waals surface area (Å²) in [5.74, 6) is -1.87. The highest BCUT2D eigenvalue weighted by molar-refractivity contribution is 6.32. The van der Waals surface area contributed by atoms with Gasteiger partial charge >= 0.3 is 0 Å². The SMILES string of the molecule is Cc1c(Cl)cccc1N1C(=N)/C(=C(/O)c2ccc(Cl)cc2)C(c2ccccc2F)C2=C1CC(C)(C)CC2=O. The molecule has 4 nitrogen and oxygen atoms in total. The fourth-order valence-electron chi connectivity index (χ4n) is 5.50. The molecule has 2 N–H and O–H groups in total. The van der Waals surface area contributed by atoms with Crippen LogP contribution in [0.25, 0.3) is 5.76 Å². The first-order valence-electron chi connectivity index (χ1n) is 12.3. The van der Waals surface area contributed by atoms with E-state index in [-0.39, 0.29) is 40.4 Å². The van der Waals surface area contributed by atoms with Crippen molar-refractivity contribution in [3.05, 3.63) is 116 Å². The minimum atomic E-state index is -0.964. The van der Waals surface area contributed by atoms with Crippen molar-refractivity contribution in [2.24, 2.45) is 5.41 Å². The Morgan fingerprint density at radius 3 is 2.39 bits per heavy atom. The van der Waals surface area contributed by atoms with Crippen LogP contribution in [-0.2, 0) is 4.79 Å². The summed E-state index contributed by atoms with van der Waals surface area (Å²) in [6.07, 6.45) is 0.754. The molecule has 2 aliphatic rings. The molecule has 0 saturated carbocycles. The maximum Gasteiger partial charge on any atom is 0.162 e. The number of halogens is 3. The molecule has 38 heavy (non-hydrogen) atoms. The van der Waals surface area contributed by atoms with Crippen molar-refractivity contribution in [3.8, 4) is 0 Å². The van der Waals surface area contributed by atoms with Crippen molar-refractivity contribution in [1.82, 2.24) is 0 Å². The number of carbonyl (C=O) groups excluding carboxylic acids is 1. The second-order valence-electron chi connectivity index (χ2n) is 10.6. The molecule has 0 bridgehead atoms. The van der Waals surface area contributed by atoms with Crippen LogP contribution in [0.4, 0.5) is 10.1 Å². The summed E-state index contributed by atoms with van der Waals surface area (Å²) in [4.78, 5) is 15.6. The highest BCUT2D eigenvalue weighted by Gasteiger charge is 2.47. The smallest absolute Gasteiger partial charge is 0.162 e. The van der Waals surface area contributed by atoms with Crippen LogP contribution in [0.1, 0.15) is 49.3 Å². The normalized spacial score (nSPS) is 20.5. The molecular weight excluding hydrogens is 522 g/mol. The number of carbonyl (C=O) groups is 1. The van der Waals surface area contributed by atoms with Crippen molar-refractivity contribution in [1.29, 1.82) is 5.41 Å². The molecule has 1 aliphatic heterocycles. The number of allylic oxidation sites excluding steroid dienone is 2. The van der Waals surface area contributed by atoms with Gasteiger partial charge in [-0.1, -0.05) is 61.3 Å². The zero-order valence-electron chi connectivity index (χ0n) is 21.3. The van der Waals surface area contributed by atoms with E-state index in [9.17, 15) is 15.3 Å². The zero-order chi connectivity index (χ0) is 27.4. The summed E-state index contributed by atoms with van der Waals surface area (Å²) in [7, 11) is 0. The minimum absolute atomic E-state index is 0.0414.